The number of benzene rings is 1. The molecule has 212 valence electrons. The molecule has 2 saturated heterocycles. The van der Waals surface area contributed by atoms with Gasteiger partial charge >= 0.3 is 0 Å². The van der Waals surface area contributed by atoms with E-state index >= 15 is 0 Å². The van der Waals surface area contributed by atoms with Crippen LogP contribution < -0.4 is 0 Å². The van der Waals surface area contributed by atoms with E-state index in [1.807, 2.05) is 11.8 Å². The van der Waals surface area contributed by atoms with Gasteiger partial charge in [0, 0.05) is 31.5 Å². The summed E-state index contributed by atoms with van der Waals surface area (Å²) >= 11 is 0. The van der Waals surface area contributed by atoms with Crippen molar-refractivity contribution in [3.05, 3.63) is 35.9 Å². The molecule has 0 radical (unpaired) electrons. The van der Waals surface area contributed by atoms with Crippen LogP contribution in [0.1, 0.15) is 97.5 Å². The topological polar surface area (TPSA) is 60.9 Å². The molecule has 0 aromatic heterocycles. The highest BCUT2D eigenvalue weighted by Gasteiger charge is 2.40. The first-order valence-corrected chi connectivity index (χ1v) is 15.5. The van der Waals surface area contributed by atoms with Crippen molar-refractivity contribution in [3.8, 4) is 0 Å². The Balaban J connectivity index is 1.60. The van der Waals surface area contributed by atoms with E-state index < -0.39 is 6.10 Å². The predicted molar refractivity (Wildman–Crippen MR) is 154 cm³/mol. The summed E-state index contributed by atoms with van der Waals surface area (Å²) in [6.45, 7) is 10.6. The summed E-state index contributed by atoms with van der Waals surface area (Å²) in [7, 11) is 0. The predicted octanol–water partition coefficient (Wildman–Crippen LogP) is 6.04. The van der Waals surface area contributed by atoms with Crippen molar-refractivity contribution >= 4 is 11.8 Å². The maximum absolute atomic E-state index is 14.0. The fraction of sp³-hybridized carbons (Fsp3) is 0.758. The number of hydrogen-bond donors (Lipinski definition) is 1. The zero-order chi connectivity index (χ0) is 27.3. The number of carbonyl (C=O) groups is 2. The van der Waals surface area contributed by atoms with Gasteiger partial charge in [0.25, 0.3) is 0 Å². The van der Waals surface area contributed by atoms with Crippen LogP contribution >= 0.6 is 0 Å². The van der Waals surface area contributed by atoms with E-state index in [-0.39, 0.29) is 35.6 Å². The molecular weight excluding hydrogens is 472 g/mol. The fourth-order valence-electron chi connectivity index (χ4n) is 7.52. The average molecular weight is 525 g/mol. The van der Waals surface area contributed by atoms with Gasteiger partial charge in [-0.1, -0.05) is 90.1 Å². The van der Waals surface area contributed by atoms with E-state index in [2.05, 4.69) is 51.1 Å². The van der Waals surface area contributed by atoms with Crippen molar-refractivity contribution in [3.63, 3.8) is 0 Å². The smallest absolute Gasteiger partial charge is 0.242 e. The van der Waals surface area contributed by atoms with E-state index in [0.717, 1.165) is 50.9 Å². The van der Waals surface area contributed by atoms with Crippen molar-refractivity contribution in [1.29, 1.82) is 0 Å². The molecule has 2 aliphatic heterocycles. The van der Waals surface area contributed by atoms with Crippen LogP contribution in [-0.2, 0) is 15.0 Å². The molecule has 1 aromatic rings. The van der Waals surface area contributed by atoms with E-state index in [0.29, 0.717) is 31.5 Å². The first-order valence-electron chi connectivity index (χ1n) is 15.5. The van der Waals surface area contributed by atoms with Gasteiger partial charge in [-0.05, 0) is 60.8 Å². The van der Waals surface area contributed by atoms with Gasteiger partial charge in [-0.2, -0.15) is 0 Å². The number of rotatable bonds is 7. The number of aliphatic hydroxyl groups excluding tert-OH is 1. The zero-order valence-corrected chi connectivity index (χ0v) is 24.4. The zero-order valence-electron chi connectivity index (χ0n) is 24.4. The Bertz CT molecular complexity index is 906. The number of nitrogens with zero attached hydrogens (tertiary/aromatic N) is 2. The summed E-state index contributed by atoms with van der Waals surface area (Å²) in [5.41, 5.74) is 1.53. The molecule has 3 unspecified atom stereocenters. The summed E-state index contributed by atoms with van der Waals surface area (Å²) in [5, 5.41) is 10.2. The molecule has 5 heteroatoms. The molecule has 4 rings (SSSR count). The molecule has 5 nitrogen and oxygen atoms in total. The Morgan fingerprint density at radius 2 is 1.76 bits per heavy atom. The lowest BCUT2D eigenvalue weighted by atomic mass is 9.64. The maximum Gasteiger partial charge on any atom is 0.242 e. The lowest BCUT2D eigenvalue weighted by Gasteiger charge is -2.41. The number of carbonyl (C=O) groups excluding carboxylic acids is 2. The van der Waals surface area contributed by atoms with Gasteiger partial charge in [0.15, 0.2) is 0 Å². The van der Waals surface area contributed by atoms with Crippen molar-refractivity contribution in [2.75, 3.05) is 26.2 Å². The average Bonchev–Trinajstić information content (AvgIpc) is 3.23. The summed E-state index contributed by atoms with van der Waals surface area (Å²) in [4.78, 5) is 30.9. The summed E-state index contributed by atoms with van der Waals surface area (Å²) in [6.07, 6.45) is 11.1. The minimum absolute atomic E-state index is 0.0180. The Morgan fingerprint density at radius 1 is 1.05 bits per heavy atom. The lowest BCUT2D eigenvalue weighted by molar-refractivity contribution is -0.143. The molecule has 2 amide bonds. The molecule has 2 heterocycles. The summed E-state index contributed by atoms with van der Waals surface area (Å²) in [6, 6.07) is 11.1. The van der Waals surface area contributed by atoms with Gasteiger partial charge < -0.3 is 14.9 Å². The quantitative estimate of drug-likeness (QED) is 0.473. The Hall–Kier alpha value is -1.88. The van der Waals surface area contributed by atoms with Crippen LogP contribution in [0.25, 0.3) is 0 Å². The number of hydrogen-bond acceptors (Lipinski definition) is 3. The second-order valence-electron chi connectivity index (χ2n) is 13.0. The van der Waals surface area contributed by atoms with Crippen LogP contribution in [0.4, 0.5) is 0 Å². The van der Waals surface area contributed by atoms with E-state index in [9.17, 15) is 14.7 Å². The molecule has 1 aliphatic carbocycles. The standard InChI is InChI=1S/C33H52N2O3/c1-5-25(3)33(29-15-7-6-8-16-29)17-10-14-28(20-27-12-9-13-27)26(4)32(38)34(19-11-18-33)23-31(37)35-21-24(2)30(36)22-35/h6-8,15-16,24-28,30,36H,5,9-14,17-23H2,1-4H3/t24-,25?,26?,28?,30+,33-/m0/s1. The largest absolute Gasteiger partial charge is 0.391 e. The first-order chi connectivity index (χ1) is 18.2. The van der Waals surface area contributed by atoms with E-state index in [4.69, 9.17) is 0 Å². The number of aliphatic hydroxyl groups is 1. The summed E-state index contributed by atoms with van der Waals surface area (Å²) in [5.74, 6) is 1.86. The van der Waals surface area contributed by atoms with Crippen LogP contribution in [-0.4, -0.2) is 59.0 Å². The first kappa shape index (κ1) is 29.1. The van der Waals surface area contributed by atoms with Gasteiger partial charge in [-0.25, -0.2) is 0 Å². The molecule has 6 atom stereocenters. The monoisotopic (exact) mass is 524 g/mol. The fourth-order valence-corrected chi connectivity index (χ4v) is 7.52. The SMILES string of the molecule is CCC(C)[C@]1(c2ccccc2)CCCC(CC2CCC2)C(C)C(=O)N(CC(=O)N2C[C@@H](O)[C@@H](C)C2)CCC1. The second-order valence-corrected chi connectivity index (χ2v) is 13.0. The maximum atomic E-state index is 14.0. The second kappa shape index (κ2) is 13.0. The third-order valence-electron chi connectivity index (χ3n) is 10.7. The van der Waals surface area contributed by atoms with E-state index in [1.54, 1.807) is 4.90 Å². The van der Waals surface area contributed by atoms with Crippen LogP contribution in [0.5, 0.6) is 0 Å². The molecular formula is C33H52N2O3. The van der Waals surface area contributed by atoms with E-state index in [1.165, 1.54) is 24.8 Å². The van der Waals surface area contributed by atoms with Gasteiger partial charge in [0.1, 0.15) is 0 Å². The normalized spacial score (nSPS) is 32.5. The highest BCUT2D eigenvalue weighted by atomic mass is 16.3. The highest BCUT2D eigenvalue weighted by Crippen LogP contribution is 2.45. The summed E-state index contributed by atoms with van der Waals surface area (Å²) < 4.78 is 0. The molecule has 0 spiro atoms. The molecule has 38 heavy (non-hydrogen) atoms. The van der Waals surface area contributed by atoms with Crippen molar-refractivity contribution in [1.82, 2.24) is 9.80 Å². The molecule has 3 aliphatic rings. The van der Waals surface area contributed by atoms with Gasteiger partial charge in [0.05, 0.1) is 12.6 Å². The minimum Gasteiger partial charge on any atom is -0.391 e. The number of β-amino-alcohol motifs (C(OH)–C–C–N with tert-alkyl or cyclic N) is 1. The Labute approximate surface area is 231 Å². The molecule has 1 aromatic carbocycles. The van der Waals surface area contributed by atoms with Crippen molar-refractivity contribution in [2.45, 2.75) is 103 Å². The molecule has 3 fully saturated rings. The minimum atomic E-state index is -0.468. The molecule has 1 N–H and O–H groups in total. The van der Waals surface area contributed by atoms with Crippen LogP contribution in [0.15, 0.2) is 30.3 Å². The number of amides is 2. The highest BCUT2D eigenvalue weighted by molar-refractivity contribution is 5.86. The van der Waals surface area contributed by atoms with Gasteiger partial charge in [-0.15, -0.1) is 0 Å². The van der Waals surface area contributed by atoms with Crippen LogP contribution in [0.3, 0.4) is 0 Å². The Morgan fingerprint density at radius 3 is 2.37 bits per heavy atom. The lowest BCUT2D eigenvalue weighted by Crippen LogP contribution is -2.46. The number of likely N-dealkylation sites (tertiary alicyclic amines) is 1. The van der Waals surface area contributed by atoms with Gasteiger partial charge in [-0.3, -0.25) is 9.59 Å². The van der Waals surface area contributed by atoms with Crippen molar-refractivity contribution in [2.24, 2.45) is 29.6 Å². The third-order valence-corrected chi connectivity index (χ3v) is 10.7. The van der Waals surface area contributed by atoms with Crippen LogP contribution in [0, 0.1) is 29.6 Å². The van der Waals surface area contributed by atoms with Crippen LogP contribution in [0.2, 0.25) is 0 Å². The Kier molecular flexibility index (Phi) is 9.95. The van der Waals surface area contributed by atoms with Gasteiger partial charge in [0.2, 0.25) is 11.8 Å². The molecule has 0 bridgehead atoms. The molecule has 1 saturated carbocycles. The third kappa shape index (κ3) is 6.46. The van der Waals surface area contributed by atoms with Crippen molar-refractivity contribution < 1.29 is 14.7 Å².